The first-order valence-electron chi connectivity index (χ1n) is 6.80. The van der Waals surface area contributed by atoms with Crippen molar-refractivity contribution < 1.29 is 9.53 Å². The minimum Gasteiger partial charge on any atom is -0.465 e. The highest BCUT2D eigenvalue weighted by atomic mass is 35.5. The Hall–Kier alpha value is -0.710. The third kappa shape index (κ3) is 6.64. The monoisotopic (exact) mass is 315 g/mol. The Balaban J connectivity index is 2.62. The topological polar surface area (TPSA) is 38.3 Å². The number of benzene rings is 1. The van der Waals surface area contributed by atoms with E-state index in [2.05, 4.69) is 19.2 Å². The van der Waals surface area contributed by atoms with Crippen molar-refractivity contribution in [3.63, 3.8) is 0 Å². The number of esters is 1. The first-order valence-corrected chi connectivity index (χ1v) is 8.16. The maximum Gasteiger partial charge on any atom is 0.316 e. The molecule has 0 saturated carbocycles. The molecule has 0 heterocycles. The van der Waals surface area contributed by atoms with Crippen molar-refractivity contribution in [1.82, 2.24) is 5.32 Å². The van der Waals surface area contributed by atoms with E-state index < -0.39 is 0 Å². The van der Waals surface area contributed by atoms with Crippen LogP contribution in [0.1, 0.15) is 26.3 Å². The largest absolute Gasteiger partial charge is 0.465 e. The fourth-order valence-electron chi connectivity index (χ4n) is 1.66. The van der Waals surface area contributed by atoms with E-state index in [1.54, 1.807) is 0 Å². The summed E-state index contributed by atoms with van der Waals surface area (Å²) in [4.78, 5) is 12.5. The van der Waals surface area contributed by atoms with Gasteiger partial charge in [0.15, 0.2) is 0 Å². The van der Waals surface area contributed by atoms with E-state index in [9.17, 15) is 4.79 Å². The van der Waals surface area contributed by atoms with Gasteiger partial charge in [-0.2, -0.15) is 0 Å². The molecule has 0 aliphatic heterocycles. The average Bonchev–Trinajstić information content (AvgIpc) is 2.37. The van der Waals surface area contributed by atoms with E-state index in [4.69, 9.17) is 16.3 Å². The molecule has 3 nitrogen and oxygen atoms in total. The van der Waals surface area contributed by atoms with Crippen molar-refractivity contribution in [3.05, 3.63) is 28.8 Å². The van der Waals surface area contributed by atoms with Gasteiger partial charge in [0.05, 0.1) is 12.4 Å². The van der Waals surface area contributed by atoms with Gasteiger partial charge in [0.25, 0.3) is 0 Å². The van der Waals surface area contributed by atoms with Crippen molar-refractivity contribution in [2.75, 3.05) is 18.9 Å². The maximum atomic E-state index is 11.4. The zero-order chi connectivity index (χ0) is 15.0. The molecule has 1 aromatic rings. The van der Waals surface area contributed by atoms with E-state index in [0.717, 1.165) is 23.5 Å². The highest BCUT2D eigenvalue weighted by molar-refractivity contribution is 8.00. The van der Waals surface area contributed by atoms with Gasteiger partial charge in [0, 0.05) is 16.5 Å². The standard InChI is InChI=1S/C15H22ClNO2S/c1-4-19-15(18)10-20-14-6-5-13(16)7-12(14)9-17-8-11(2)3/h5-7,11,17H,4,8-10H2,1-3H3. The molecule has 0 unspecified atom stereocenters. The second kappa shape index (κ2) is 9.27. The average molecular weight is 316 g/mol. The van der Waals surface area contributed by atoms with Crippen LogP contribution in [0.4, 0.5) is 0 Å². The van der Waals surface area contributed by atoms with E-state index in [1.165, 1.54) is 11.8 Å². The molecule has 0 aliphatic carbocycles. The van der Waals surface area contributed by atoms with Crippen molar-refractivity contribution in [2.24, 2.45) is 5.92 Å². The van der Waals surface area contributed by atoms with Crippen LogP contribution in [0.15, 0.2) is 23.1 Å². The summed E-state index contributed by atoms with van der Waals surface area (Å²) in [5.41, 5.74) is 1.12. The van der Waals surface area contributed by atoms with Gasteiger partial charge in [-0.05, 0) is 43.1 Å². The molecule has 0 bridgehead atoms. The highest BCUT2D eigenvalue weighted by Gasteiger charge is 2.08. The Kier molecular flexibility index (Phi) is 8.04. The molecule has 0 spiro atoms. The van der Waals surface area contributed by atoms with Gasteiger partial charge < -0.3 is 10.1 Å². The second-order valence-electron chi connectivity index (χ2n) is 4.87. The van der Waals surface area contributed by atoms with Crippen LogP contribution >= 0.6 is 23.4 Å². The molecule has 0 atom stereocenters. The van der Waals surface area contributed by atoms with Gasteiger partial charge in [-0.25, -0.2) is 0 Å². The number of carbonyl (C=O) groups is 1. The van der Waals surface area contributed by atoms with E-state index in [1.807, 2.05) is 25.1 Å². The van der Waals surface area contributed by atoms with Gasteiger partial charge in [0.1, 0.15) is 0 Å². The lowest BCUT2D eigenvalue weighted by Gasteiger charge is -2.12. The van der Waals surface area contributed by atoms with Crippen LogP contribution in [0.3, 0.4) is 0 Å². The molecular formula is C15H22ClNO2S. The molecule has 0 saturated heterocycles. The summed E-state index contributed by atoms with van der Waals surface area (Å²) in [6, 6.07) is 5.75. The molecule has 1 rings (SSSR count). The minimum atomic E-state index is -0.187. The Morgan fingerprint density at radius 3 is 2.85 bits per heavy atom. The smallest absolute Gasteiger partial charge is 0.316 e. The molecule has 0 radical (unpaired) electrons. The number of ether oxygens (including phenoxy) is 1. The van der Waals surface area contributed by atoms with Crippen LogP contribution in [0, 0.1) is 5.92 Å². The molecule has 112 valence electrons. The molecule has 0 aromatic heterocycles. The second-order valence-corrected chi connectivity index (χ2v) is 6.32. The number of carbonyl (C=O) groups excluding carboxylic acids is 1. The lowest BCUT2D eigenvalue weighted by Crippen LogP contribution is -2.19. The SMILES string of the molecule is CCOC(=O)CSc1ccc(Cl)cc1CNCC(C)C. The predicted octanol–water partition coefficient (Wildman–Crippen LogP) is 3.74. The normalized spacial score (nSPS) is 10.8. The Bertz CT molecular complexity index is 438. The summed E-state index contributed by atoms with van der Waals surface area (Å²) >= 11 is 7.53. The zero-order valence-corrected chi connectivity index (χ0v) is 13.8. The summed E-state index contributed by atoms with van der Waals surface area (Å²) in [5.74, 6) is 0.741. The molecular weight excluding hydrogens is 294 g/mol. The molecule has 20 heavy (non-hydrogen) atoms. The first-order chi connectivity index (χ1) is 9.52. The third-order valence-electron chi connectivity index (χ3n) is 2.54. The molecule has 0 fully saturated rings. The van der Waals surface area contributed by atoms with Crippen LogP contribution in [-0.4, -0.2) is 24.9 Å². The number of hydrogen-bond acceptors (Lipinski definition) is 4. The van der Waals surface area contributed by atoms with Crippen molar-refractivity contribution in [3.8, 4) is 0 Å². The Morgan fingerprint density at radius 2 is 2.20 bits per heavy atom. The van der Waals surface area contributed by atoms with Gasteiger partial charge in [-0.3, -0.25) is 4.79 Å². The number of halogens is 1. The number of hydrogen-bond donors (Lipinski definition) is 1. The number of rotatable bonds is 8. The summed E-state index contributed by atoms with van der Waals surface area (Å²) < 4.78 is 4.94. The Labute approximate surface area is 130 Å². The molecule has 1 aromatic carbocycles. The number of nitrogens with one attached hydrogen (secondary N) is 1. The summed E-state index contributed by atoms with van der Waals surface area (Å²) in [6.45, 7) is 8.27. The fraction of sp³-hybridized carbons (Fsp3) is 0.533. The van der Waals surface area contributed by atoms with Crippen LogP contribution in [0.5, 0.6) is 0 Å². The van der Waals surface area contributed by atoms with Gasteiger partial charge in [-0.1, -0.05) is 25.4 Å². The van der Waals surface area contributed by atoms with Gasteiger partial charge >= 0.3 is 5.97 Å². The van der Waals surface area contributed by atoms with Crippen LogP contribution in [-0.2, 0) is 16.1 Å². The van der Waals surface area contributed by atoms with Crippen LogP contribution in [0.2, 0.25) is 5.02 Å². The van der Waals surface area contributed by atoms with Crippen molar-refractivity contribution in [2.45, 2.75) is 32.2 Å². The molecule has 0 aliphatic rings. The highest BCUT2D eigenvalue weighted by Crippen LogP contribution is 2.26. The van der Waals surface area contributed by atoms with E-state index in [0.29, 0.717) is 23.3 Å². The van der Waals surface area contributed by atoms with Crippen molar-refractivity contribution >= 4 is 29.3 Å². The minimum absolute atomic E-state index is 0.187. The van der Waals surface area contributed by atoms with Crippen LogP contribution < -0.4 is 5.32 Å². The summed E-state index contributed by atoms with van der Waals surface area (Å²) in [7, 11) is 0. The molecule has 5 heteroatoms. The van der Waals surface area contributed by atoms with Gasteiger partial charge in [0.2, 0.25) is 0 Å². The zero-order valence-electron chi connectivity index (χ0n) is 12.2. The fourth-order valence-corrected chi connectivity index (χ4v) is 2.69. The molecule has 1 N–H and O–H groups in total. The number of thioether (sulfide) groups is 1. The quantitative estimate of drug-likeness (QED) is 0.586. The molecule has 0 amide bonds. The summed E-state index contributed by atoms with van der Waals surface area (Å²) in [6.07, 6.45) is 0. The lowest BCUT2D eigenvalue weighted by atomic mass is 10.2. The Morgan fingerprint density at radius 1 is 1.45 bits per heavy atom. The lowest BCUT2D eigenvalue weighted by molar-refractivity contribution is -0.139. The van der Waals surface area contributed by atoms with Crippen molar-refractivity contribution in [1.29, 1.82) is 0 Å². The third-order valence-corrected chi connectivity index (χ3v) is 3.87. The van der Waals surface area contributed by atoms with Gasteiger partial charge in [-0.15, -0.1) is 11.8 Å². The predicted molar refractivity (Wildman–Crippen MR) is 85.4 cm³/mol. The maximum absolute atomic E-state index is 11.4. The van der Waals surface area contributed by atoms with E-state index in [-0.39, 0.29) is 5.97 Å². The van der Waals surface area contributed by atoms with E-state index >= 15 is 0 Å². The summed E-state index contributed by atoms with van der Waals surface area (Å²) in [5, 5.41) is 4.11. The first kappa shape index (κ1) is 17.3. The van der Waals surface area contributed by atoms with Crippen LogP contribution in [0.25, 0.3) is 0 Å².